The van der Waals surface area contributed by atoms with Gasteiger partial charge in [-0.2, -0.15) is 0 Å². The first-order chi connectivity index (χ1) is 11.2. The van der Waals surface area contributed by atoms with Crippen LogP contribution < -0.4 is 15.5 Å². The highest BCUT2D eigenvalue weighted by atomic mass is 35.5. The molecule has 2 fully saturated rings. The maximum Gasteiger partial charge on any atom is 0.234 e. The second kappa shape index (κ2) is 10.9. The molecular weight excluding hydrogens is 359 g/mol. The second-order valence-electron chi connectivity index (χ2n) is 6.76. The van der Waals surface area contributed by atoms with Crippen molar-refractivity contribution in [3.05, 3.63) is 30.3 Å². The first-order valence-electron chi connectivity index (χ1n) is 8.74. The van der Waals surface area contributed by atoms with Gasteiger partial charge in [0.25, 0.3) is 0 Å². The van der Waals surface area contributed by atoms with E-state index in [4.69, 9.17) is 0 Å². The Bertz CT molecular complexity index is 517. The Balaban J connectivity index is 0.00000156. The number of para-hydroxylation sites is 1. The Morgan fingerprint density at radius 3 is 2.72 bits per heavy atom. The number of anilines is 1. The molecule has 2 aliphatic heterocycles. The molecule has 5 nitrogen and oxygen atoms in total. The van der Waals surface area contributed by atoms with Crippen LogP contribution in [0.15, 0.2) is 30.3 Å². The van der Waals surface area contributed by atoms with E-state index in [0.29, 0.717) is 18.5 Å². The van der Waals surface area contributed by atoms with Crippen molar-refractivity contribution in [1.29, 1.82) is 0 Å². The van der Waals surface area contributed by atoms with Crippen molar-refractivity contribution in [2.24, 2.45) is 5.92 Å². The monoisotopic (exact) mass is 388 g/mol. The van der Waals surface area contributed by atoms with Gasteiger partial charge in [0.2, 0.25) is 5.91 Å². The van der Waals surface area contributed by atoms with Crippen molar-refractivity contribution in [3.63, 3.8) is 0 Å². The van der Waals surface area contributed by atoms with E-state index in [0.717, 1.165) is 45.7 Å². The van der Waals surface area contributed by atoms with E-state index in [9.17, 15) is 4.79 Å². The van der Waals surface area contributed by atoms with Gasteiger partial charge in [-0.3, -0.25) is 9.69 Å². The Labute approximate surface area is 163 Å². The molecule has 1 amide bonds. The van der Waals surface area contributed by atoms with E-state index in [2.05, 4.69) is 51.6 Å². The minimum atomic E-state index is 0. The standard InChI is InChI=1S/C18H28N4O.2ClH/c1-15-11-19-8-10-21(15)14-18(23)20-12-16-7-9-22(13-16)17-5-3-2-4-6-17;;/h2-6,15-16,19H,7-14H2,1H3,(H,20,23);2*1H/t15-,16?;;/m0../s1. The molecule has 25 heavy (non-hydrogen) atoms. The lowest BCUT2D eigenvalue weighted by Crippen LogP contribution is -2.53. The SMILES string of the molecule is C[C@H]1CNCCN1CC(=O)NCC1CCN(c2ccccc2)C1.Cl.Cl. The number of rotatable bonds is 5. The van der Waals surface area contributed by atoms with Crippen molar-refractivity contribution in [2.75, 3.05) is 50.7 Å². The minimum Gasteiger partial charge on any atom is -0.371 e. The van der Waals surface area contributed by atoms with Gasteiger partial charge >= 0.3 is 0 Å². The fraction of sp³-hybridized carbons (Fsp3) is 0.611. The van der Waals surface area contributed by atoms with Crippen LogP contribution in [0.1, 0.15) is 13.3 Å². The van der Waals surface area contributed by atoms with Crippen LogP contribution in [0, 0.1) is 5.92 Å². The van der Waals surface area contributed by atoms with E-state index in [1.165, 1.54) is 5.69 Å². The van der Waals surface area contributed by atoms with Crippen LogP contribution in [0.2, 0.25) is 0 Å². The van der Waals surface area contributed by atoms with Crippen LogP contribution in [-0.4, -0.2) is 62.7 Å². The number of amides is 1. The van der Waals surface area contributed by atoms with Crippen LogP contribution in [0.4, 0.5) is 5.69 Å². The summed E-state index contributed by atoms with van der Waals surface area (Å²) in [5.41, 5.74) is 1.29. The zero-order valence-electron chi connectivity index (χ0n) is 14.8. The molecule has 2 heterocycles. The van der Waals surface area contributed by atoms with Gasteiger partial charge in [-0.1, -0.05) is 18.2 Å². The molecule has 2 N–H and O–H groups in total. The molecule has 2 saturated heterocycles. The quantitative estimate of drug-likeness (QED) is 0.806. The molecule has 7 heteroatoms. The van der Waals surface area contributed by atoms with E-state index in [1.54, 1.807) is 0 Å². The normalized spacial score (nSPS) is 23.5. The molecule has 2 atom stereocenters. The number of hydrogen-bond acceptors (Lipinski definition) is 4. The van der Waals surface area contributed by atoms with Gasteiger partial charge in [-0.15, -0.1) is 24.8 Å². The van der Waals surface area contributed by atoms with Crippen molar-refractivity contribution >= 4 is 36.4 Å². The molecule has 3 rings (SSSR count). The summed E-state index contributed by atoms with van der Waals surface area (Å²) in [6.45, 7) is 8.52. The van der Waals surface area contributed by atoms with Gasteiger partial charge < -0.3 is 15.5 Å². The smallest absolute Gasteiger partial charge is 0.234 e. The highest BCUT2D eigenvalue weighted by molar-refractivity contribution is 5.85. The number of nitrogens with zero attached hydrogens (tertiary/aromatic N) is 2. The number of carbonyl (C=O) groups is 1. The molecule has 0 aromatic heterocycles. The second-order valence-corrected chi connectivity index (χ2v) is 6.76. The molecule has 2 aliphatic rings. The van der Waals surface area contributed by atoms with Crippen LogP contribution in [0.3, 0.4) is 0 Å². The van der Waals surface area contributed by atoms with Crippen molar-refractivity contribution in [3.8, 4) is 0 Å². The predicted molar refractivity (Wildman–Crippen MR) is 108 cm³/mol. The molecule has 0 bridgehead atoms. The van der Waals surface area contributed by atoms with Crippen molar-refractivity contribution in [2.45, 2.75) is 19.4 Å². The third kappa shape index (κ3) is 6.33. The topological polar surface area (TPSA) is 47.6 Å². The van der Waals surface area contributed by atoms with E-state index >= 15 is 0 Å². The number of piperazine rings is 1. The molecule has 1 aromatic rings. The molecule has 0 radical (unpaired) electrons. The Kier molecular flexibility index (Phi) is 9.57. The summed E-state index contributed by atoms with van der Waals surface area (Å²) in [5.74, 6) is 0.719. The predicted octanol–water partition coefficient (Wildman–Crippen LogP) is 1.77. The maximum absolute atomic E-state index is 12.2. The summed E-state index contributed by atoms with van der Waals surface area (Å²) in [6.07, 6.45) is 1.15. The first-order valence-corrected chi connectivity index (χ1v) is 8.74. The lowest BCUT2D eigenvalue weighted by atomic mass is 10.1. The number of benzene rings is 1. The Hall–Kier alpha value is -1.01. The minimum absolute atomic E-state index is 0. The molecule has 0 spiro atoms. The maximum atomic E-state index is 12.2. The zero-order valence-corrected chi connectivity index (χ0v) is 16.5. The fourth-order valence-electron chi connectivity index (χ4n) is 3.49. The number of halogens is 2. The van der Waals surface area contributed by atoms with Crippen LogP contribution >= 0.6 is 24.8 Å². The van der Waals surface area contributed by atoms with Crippen molar-refractivity contribution in [1.82, 2.24) is 15.5 Å². The van der Waals surface area contributed by atoms with Gasteiger partial charge in [0.15, 0.2) is 0 Å². The summed E-state index contributed by atoms with van der Waals surface area (Å²) >= 11 is 0. The van der Waals surface area contributed by atoms with Gasteiger partial charge in [-0.25, -0.2) is 0 Å². The number of hydrogen-bond donors (Lipinski definition) is 2. The molecule has 1 unspecified atom stereocenters. The van der Waals surface area contributed by atoms with Crippen LogP contribution in [0.5, 0.6) is 0 Å². The van der Waals surface area contributed by atoms with Crippen molar-refractivity contribution < 1.29 is 4.79 Å². The lowest BCUT2D eigenvalue weighted by molar-refractivity contribution is -0.123. The molecule has 142 valence electrons. The molecular formula is C18H30Cl2N4O. The van der Waals surface area contributed by atoms with Crippen LogP contribution in [-0.2, 0) is 4.79 Å². The average molecular weight is 389 g/mol. The van der Waals surface area contributed by atoms with E-state index in [-0.39, 0.29) is 30.7 Å². The molecule has 0 saturated carbocycles. The summed E-state index contributed by atoms with van der Waals surface area (Å²) in [4.78, 5) is 16.9. The fourth-order valence-corrected chi connectivity index (χ4v) is 3.49. The summed E-state index contributed by atoms with van der Waals surface area (Å²) in [7, 11) is 0. The molecule has 0 aliphatic carbocycles. The third-order valence-corrected chi connectivity index (χ3v) is 4.98. The van der Waals surface area contributed by atoms with Gasteiger partial charge in [0.1, 0.15) is 0 Å². The first kappa shape index (κ1) is 22.0. The van der Waals surface area contributed by atoms with Gasteiger partial charge in [0.05, 0.1) is 6.54 Å². The van der Waals surface area contributed by atoms with E-state index < -0.39 is 0 Å². The average Bonchev–Trinajstić information content (AvgIpc) is 3.05. The summed E-state index contributed by atoms with van der Waals surface area (Å²) in [6, 6.07) is 11.0. The Morgan fingerprint density at radius 1 is 1.24 bits per heavy atom. The molecule has 1 aromatic carbocycles. The largest absolute Gasteiger partial charge is 0.371 e. The lowest BCUT2D eigenvalue weighted by Gasteiger charge is -2.33. The zero-order chi connectivity index (χ0) is 16.1. The van der Waals surface area contributed by atoms with Gasteiger partial charge in [-0.05, 0) is 31.4 Å². The number of nitrogens with one attached hydrogen (secondary N) is 2. The number of carbonyl (C=O) groups excluding carboxylic acids is 1. The summed E-state index contributed by atoms with van der Waals surface area (Å²) in [5, 5.41) is 6.49. The summed E-state index contributed by atoms with van der Waals surface area (Å²) < 4.78 is 0. The van der Waals surface area contributed by atoms with Crippen LogP contribution in [0.25, 0.3) is 0 Å². The van der Waals surface area contributed by atoms with E-state index in [1.807, 2.05) is 6.07 Å². The third-order valence-electron chi connectivity index (χ3n) is 4.98. The Morgan fingerprint density at radius 2 is 2.00 bits per heavy atom. The highest BCUT2D eigenvalue weighted by Gasteiger charge is 2.24. The van der Waals surface area contributed by atoms with Gasteiger partial charge in [0, 0.05) is 51.0 Å². The highest BCUT2D eigenvalue weighted by Crippen LogP contribution is 2.22.